The van der Waals surface area contributed by atoms with E-state index in [1.807, 2.05) is 30.3 Å². The van der Waals surface area contributed by atoms with Crippen LogP contribution in [0.5, 0.6) is 5.75 Å². The van der Waals surface area contributed by atoms with Gasteiger partial charge in [0.15, 0.2) is 0 Å². The second-order valence-corrected chi connectivity index (χ2v) is 6.05. The van der Waals surface area contributed by atoms with E-state index >= 15 is 0 Å². The highest BCUT2D eigenvalue weighted by atomic mass is 35.5. The molecule has 0 bridgehead atoms. The predicted molar refractivity (Wildman–Crippen MR) is 99.9 cm³/mol. The van der Waals surface area contributed by atoms with Crippen molar-refractivity contribution >= 4 is 29.6 Å². The number of carbonyl (C=O) groups is 1. The number of nitrogens with two attached hydrogens (primary N) is 1. The average Bonchev–Trinajstić information content (AvgIpc) is 2.65. The first kappa shape index (κ1) is 18.7. The van der Waals surface area contributed by atoms with Crippen molar-refractivity contribution < 1.29 is 19.1 Å². The Morgan fingerprint density at radius 1 is 1.33 bits per heavy atom. The highest BCUT2D eigenvalue weighted by Crippen LogP contribution is 2.30. The third-order valence-corrected chi connectivity index (χ3v) is 4.07. The number of halogens is 2. The number of aliphatic imine (C=N–C) groups is 1. The van der Waals surface area contributed by atoms with Crippen LogP contribution >= 0.6 is 11.6 Å². The Kier molecular flexibility index (Phi) is 5.58. The summed E-state index contributed by atoms with van der Waals surface area (Å²) in [6.07, 6.45) is -0.662. The van der Waals surface area contributed by atoms with E-state index in [4.69, 9.17) is 22.1 Å². The fourth-order valence-corrected chi connectivity index (χ4v) is 2.65. The van der Waals surface area contributed by atoms with E-state index in [1.54, 1.807) is 18.2 Å². The lowest BCUT2D eigenvalue weighted by Crippen LogP contribution is -2.43. The van der Waals surface area contributed by atoms with Crippen molar-refractivity contribution in [2.75, 3.05) is 5.32 Å². The molecule has 1 heterocycles. The van der Waals surface area contributed by atoms with Crippen molar-refractivity contribution in [2.45, 2.75) is 12.8 Å². The number of hydrogen-bond donors (Lipinski definition) is 3. The van der Waals surface area contributed by atoms with Gasteiger partial charge in [-0.2, -0.15) is 5.12 Å². The average molecular weight is 391 g/mol. The molecule has 2 aromatic carbocycles. The third kappa shape index (κ3) is 4.36. The fourth-order valence-electron chi connectivity index (χ4n) is 2.41. The van der Waals surface area contributed by atoms with Gasteiger partial charge in [0.25, 0.3) is 0 Å². The van der Waals surface area contributed by atoms with Gasteiger partial charge in [0.1, 0.15) is 36.3 Å². The molecule has 1 unspecified atom stereocenters. The molecular formula is C18H16ClFN4O3. The van der Waals surface area contributed by atoms with Crippen LogP contribution in [0.3, 0.4) is 0 Å². The normalized spacial score (nSPS) is 16.4. The Balaban J connectivity index is 1.75. The molecule has 0 saturated heterocycles. The van der Waals surface area contributed by atoms with Crippen LogP contribution in [0.2, 0.25) is 5.02 Å². The number of benzene rings is 2. The number of carboxylic acid groups (broad SMARTS) is 1. The lowest BCUT2D eigenvalue weighted by atomic mass is 10.2. The minimum atomic E-state index is -1.47. The third-order valence-electron chi connectivity index (χ3n) is 3.78. The Labute approximate surface area is 159 Å². The van der Waals surface area contributed by atoms with E-state index in [-0.39, 0.29) is 10.9 Å². The van der Waals surface area contributed by atoms with E-state index in [0.29, 0.717) is 23.1 Å². The van der Waals surface area contributed by atoms with E-state index in [1.165, 1.54) is 0 Å². The summed E-state index contributed by atoms with van der Waals surface area (Å²) < 4.78 is 19.1. The Bertz CT molecular complexity index is 905. The van der Waals surface area contributed by atoms with Crippen molar-refractivity contribution in [3.8, 4) is 5.75 Å². The highest BCUT2D eigenvalue weighted by molar-refractivity contribution is 6.32. The standard InChI is InChI=1S/C18H16ClFN4O3/c19-13-8-12(6-7-14(13)27-9-11-4-2-1-3-5-11)23-17-15(18(25)26)16(21)24(20)10-22-17/h1-8,10,16,23H,9,21H2,(H,25,26). The van der Waals surface area contributed by atoms with Crippen LogP contribution in [0.15, 0.2) is 64.9 Å². The molecular weight excluding hydrogens is 375 g/mol. The van der Waals surface area contributed by atoms with E-state index < -0.39 is 17.7 Å². The number of aliphatic carboxylic acids is 1. The van der Waals surface area contributed by atoms with Crippen molar-refractivity contribution in [3.63, 3.8) is 0 Å². The molecule has 3 rings (SSSR count). The molecule has 1 aliphatic heterocycles. The summed E-state index contributed by atoms with van der Waals surface area (Å²) in [7, 11) is 0. The molecule has 7 nitrogen and oxygen atoms in total. The van der Waals surface area contributed by atoms with Crippen LogP contribution in [-0.2, 0) is 11.4 Å². The maximum atomic E-state index is 13.4. The molecule has 0 radical (unpaired) electrons. The molecule has 1 aliphatic rings. The Morgan fingerprint density at radius 2 is 2.07 bits per heavy atom. The van der Waals surface area contributed by atoms with Crippen LogP contribution in [0, 0.1) is 0 Å². The van der Waals surface area contributed by atoms with Gasteiger partial charge < -0.3 is 20.9 Å². The summed E-state index contributed by atoms with van der Waals surface area (Å²) in [5, 5.41) is 12.4. The van der Waals surface area contributed by atoms with Gasteiger partial charge >= 0.3 is 5.97 Å². The van der Waals surface area contributed by atoms with Gasteiger partial charge in [-0.15, -0.1) is 0 Å². The fraction of sp³-hybridized carbons (Fsp3) is 0.111. The molecule has 4 N–H and O–H groups in total. The summed E-state index contributed by atoms with van der Waals surface area (Å²) in [5.74, 6) is -0.978. The van der Waals surface area contributed by atoms with E-state index in [9.17, 15) is 14.4 Å². The van der Waals surface area contributed by atoms with Crippen LogP contribution in [0.25, 0.3) is 0 Å². The number of nitrogens with zero attached hydrogens (tertiary/aromatic N) is 2. The minimum absolute atomic E-state index is 0.0160. The molecule has 0 saturated carbocycles. The highest BCUT2D eigenvalue weighted by Gasteiger charge is 2.29. The Hall–Kier alpha value is -3.10. The topological polar surface area (TPSA) is 100 Å². The van der Waals surface area contributed by atoms with Gasteiger partial charge in [-0.05, 0) is 23.8 Å². The minimum Gasteiger partial charge on any atom is -0.487 e. The van der Waals surface area contributed by atoms with Gasteiger partial charge in [-0.3, -0.25) is 0 Å². The van der Waals surface area contributed by atoms with Crippen molar-refractivity contribution in [1.82, 2.24) is 5.12 Å². The van der Waals surface area contributed by atoms with Crippen molar-refractivity contribution in [2.24, 2.45) is 10.7 Å². The van der Waals surface area contributed by atoms with Crippen molar-refractivity contribution in [3.05, 3.63) is 70.5 Å². The summed E-state index contributed by atoms with van der Waals surface area (Å²) in [5.41, 5.74) is 6.60. The van der Waals surface area contributed by atoms with Crippen molar-refractivity contribution in [1.29, 1.82) is 0 Å². The first-order valence-electron chi connectivity index (χ1n) is 7.90. The molecule has 0 fully saturated rings. The van der Waals surface area contributed by atoms with E-state index in [2.05, 4.69) is 10.3 Å². The molecule has 1 atom stereocenters. The molecule has 9 heteroatoms. The van der Waals surface area contributed by atoms with Crippen LogP contribution in [-0.4, -0.2) is 28.7 Å². The first-order valence-corrected chi connectivity index (χ1v) is 8.28. The maximum Gasteiger partial charge on any atom is 0.338 e. The molecule has 2 aromatic rings. The van der Waals surface area contributed by atoms with Gasteiger partial charge in [0.05, 0.1) is 5.02 Å². The monoisotopic (exact) mass is 390 g/mol. The molecule has 27 heavy (non-hydrogen) atoms. The predicted octanol–water partition coefficient (Wildman–Crippen LogP) is 3.14. The summed E-state index contributed by atoms with van der Waals surface area (Å²) >= 11 is 6.24. The number of nitrogens with one attached hydrogen (secondary N) is 1. The molecule has 140 valence electrons. The zero-order chi connectivity index (χ0) is 19.4. The summed E-state index contributed by atoms with van der Waals surface area (Å²) in [4.78, 5) is 15.1. The smallest absolute Gasteiger partial charge is 0.338 e. The molecule has 0 aliphatic carbocycles. The van der Waals surface area contributed by atoms with E-state index in [0.717, 1.165) is 11.9 Å². The first-order chi connectivity index (χ1) is 13.0. The number of carboxylic acids is 1. The van der Waals surface area contributed by atoms with Crippen LogP contribution in [0.4, 0.5) is 10.2 Å². The molecule has 0 amide bonds. The summed E-state index contributed by atoms with van der Waals surface area (Å²) in [6.45, 7) is 0.354. The van der Waals surface area contributed by atoms with Gasteiger partial charge in [0.2, 0.25) is 0 Å². The zero-order valence-corrected chi connectivity index (χ0v) is 14.7. The quantitative estimate of drug-likeness (QED) is 0.655. The molecule has 0 spiro atoms. The second-order valence-electron chi connectivity index (χ2n) is 5.65. The number of hydrogen-bond acceptors (Lipinski definition) is 6. The van der Waals surface area contributed by atoms with Crippen LogP contribution in [0.1, 0.15) is 5.56 Å². The number of rotatable bonds is 6. The zero-order valence-electron chi connectivity index (χ0n) is 14.0. The van der Waals surface area contributed by atoms with Gasteiger partial charge in [0, 0.05) is 5.69 Å². The number of ether oxygens (including phenoxy) is 1. The maximum absolute atomic E-state index is 13.4. The second kappa shape index (κ2) is 8.07. The number of anilines is 1. The van der Waals surface area contributed by atoms with Gasteiger partial charge in [-0.1, -0.05) is 46.4 Å². The molecule has 0 aromatic heterocycles. The van der Waals surface area contributed by atoms with Gasteiger partial charge in [-0.25, -0.2) is 9.79 Å². The summed E-state index contributed by atoms with van der Waals surface area (Å²) in [6, 6.07) is 14.4. The largest absolute Gasteiger partial charge is 0.487 e. The van der Waals surface area contributed by atoms with Crippen LogP contribution < -0.4 is 15.8 Å². The Morgan fingerprint density at radius 3 is 2.74 bits per heavy atom. The SMILES string of the molecule is NC1C(C(=O)O)=C(Nc2ccc(OCc3ccccc3)c(Cl)c2)N=CN1F. The lowest BCUT2D eigenvalue weighted by Gasteiger charge is -2.24. The lowest BCUT2D eigenvalue weighted by molar-refractivity contribution is -0.133.